The number of Topliss-reactive ketones (excluding diaryl/α,β-unsaturated/α-hetero) is 1. The van der Waals surface area contributed by atoms with Gasteiger partial charge in [0.1, 0.15) is 11.5 Å². The molecule has 7 heteroatoms. The highest BCUT2D eigenvalue weighted by Crippen LogP contribution is 2.41. The van der Waals surface area contributed by atoms with Crippen molar-refractivity contribution in [2.45, 2.75) is 12.6 Å². The molecule has 0 aliphatic carbocycles. The zero-order valence-corrected chi connectivity index (χ0v) is 17.4. The van der Waals surface area contributed by atoms with Gasteiger partial charge in [0.05, 0.1) is 36.5 Å². The average molecular weight is 435 g/mol. The number of aromatic nitrogens is 1. The summed E-state index contributed by atoms with van der Waals surface area (Å²) in [6, 6.07) is 18.4. The summed E-state index contributed by atoms with van der Waals surface area (Å²) >= 11 is 6.12. The SMILES string of the molecule is COc1ccc(Cl)cc1/C(O)=C1\C(=O)C(=O)N(Cc2ccccn2)C1c1ccccc1. The highest BCUT2D eigenvalue weighted by molar-refractivity contribution is 6.46. The minimum Gasteiger partial charge on any atom is -0.507 e. The Morgan fingerprint density at radius 2 is 1.84 bits per heavy atom. The molecule has 1 amide bonds. The number of aliphatic hydroxyl groups excluding tert-OH is 1. The zero-order chi connectivity index (χ0) is 22.0. The fraction of sp³-hybridized carbons (Fsp3) is 0.125. The molecule has 1 saturated heterocycles. The molecule has 0 saturated carbocycles. The van der Waals surface area contributed by atoms with Crippen LogP contribution in [-0.2, 0) is 16.1 Å². The Morgan fingerprint density at radius 3 is 2.52 bits per heavy atom. The molecule has 1 N–H and O–H groups in total. The second kappa shape index (κ2) is 8.62. The van der Waals surface area contributed by atoms with Crippen LogP contribution >= 0.6 is 11.6 Å². The molecule has 156 valence electrons. The van der Waals surface area contributed by atoms with Gasteiger partial charge in [-0.05, 0) is 35.9 Å². The van der Waals surface area contributed by atoms with E-state index in [0.29, 0.717) is 22.0 Å². The molecule has 1 unspecified atom stereocenters. The lowest BCUT2D eigenvalue weighted by Gasteiger charge is -2.25. The summed E-state index contributed by atoms with van der Waals surface area (Å²) in [4.78, 5) is 31.8. The molecule has 31 heavy (non-hydrogen) atoms. The number of likely N-dealkylation sites (tertiary alicyclic amines) is 1. The summed E-state index contributed by atoms with van der Waals surface area (Å²) in [7, 11) is 1.45. The van der Waals surface area contributed by atoms with E-state index >= 15 is 0 Å². The van der Waals surface area contributed by atoms with E-state index in [1.807, 2.05) is 36.4 Å². The number of hydrogen-bond donors (Lipinski definition) is 1. The highest BCUT2D eigenvalue weighted by Gasteiger charge is 2.46. The number of amides is 1. The Balaban J connectivity index is 1.90. The number of methoxy groups -OCH3 is 1. The molecule has 3 aromatic rings. The number of carbonyl (C=O) groups excluding carboxylic acids is 2. The van der Waals surface area contributed by atoms with E-state index in [0.717, 1.165) is 0 Å². The fourth-order valence-electron chi connectivity index (χ4n) is 3.70. The van der Waals surface area contributed by atoms with Crippen LogP contribution in [0.1, 0.15) is 22.9 Å². The predicted octanol–water partition coefficient (Wildman–Crippen LogP) is 4.37. The van der Waals surface area contributed by atoms with Crippen LogP contribution in [0.2, 0.25) is 5.02 Å². The minimum atomic E-state index is -0.785. The number of ether oxygens (including phenoxy) is 1. The van der Waals surface area contributed by atoms with Crippen molar-refractivity contribution >= 4 is 29.1 Å². The van der Waals surface area contributed by atoms with Crippen molar-refractivity contribution in [3.63, 3.8) is 0 Å². The van der Waals surface area contributed by atoms with Crippen molar-refractivity contribution in [1.29, 1.82) is 0 Å². The number of halogens is 1. The fourth-order valence-corrected chi connectivity index (χ4v) is 3.87. The summed E-state index contributed by atoms with van der Waals surface area (Å²) in [5, 5.41) is 11.5. The van der Waals surface area contributed by atoms with Gasteiger partial charge in [-0.15, -0.1) is 0 Å². The van der Waals surface area contributed by atoms with Crippen LogP contribution in [0.5, 0.6) is 5.75 Å². The molecular formula is C24H19ClN2O4. The lowest BCUT2D eigenvalue weighted by atomic mass is 9.95. The first-order valence-corrected chi connectivity index (χ1v) is 9.96. The Kier molecular flexibility index (Phi) is 5.73. The number of ketones is 1. The summed E-state index contributed by atoms with van der Waals surface area (Å²) in [6.45, 7) is 0.119. The van der Waals surface area contributed by atoms with Crippen molar-refractivity contribution in [3.8, 4) is 5.75 Å². The molecule has 4 rings (SSSR count). The van der Waals surface area contributed by atoms with Gasteiger partial charge in [0, 0.05) is 11.2 Å². The first kappa shape index (κ1) is 20.6. The monoisotopic (exact) mass is 434 g/mol. The lowest BCUT2D eigenvalue weighted by Crippen LogP contribution is -2.29. The van der Waals surface area contributed by atoms with E-state index in [2.05, 4.69) is 4.98 Å². The van der Waals surface area contributed by atoms with Crippen molar-refractivity contribution in [2.24, 2.45) is 0 Å². The number of aliphatic hydroxyl groups is 1. The molecular weight excluding hydrogens is 416 g/mol. The number of nitrogens with zero attached hydrogens (tertiary/aromatic N) is 2. The van der Waals surface area contributed by atoms with Crippen LogP contribution in [0.25, 0.3) is 5.76 Å². The van der Waals surface area contributed by atoms with Crippen LogP contribution in [0, 0.1) is 0 Å². The standard InChI is InChI=1S/C24H19ClN2O4/c1-31-19-11-10-16(25)13-18(19)22(28)20-21(15-7-3-2-4-8-15)27(24(30)23(20)29)14-17-9-5-6-12-26-17/h2-13,21,28H,14H2,1H3/b22-20+. The Bertz CT molecular complexity index is 1160. The van der Waals surface area contributed by atoms with Crippen molar-refractivity contribution in [3.05, 3.63) is 100 Å². The van der Waals surface area contributed by atoms with Crippen LogP contribution in [0.3, 0.4) is 0 Å². The maximum atomic E-state index is 13.1. The quantitative estimate of drug-likeness (QED) is 0.366. The van der Waals surface area contributed by atoms with Crippen LogP contribution in [-0.4, -0.2) is 33.8 Å². The van der Waals surface area contributed by atoms with Crippen LogP contribution in [0.15, 0.2) is 78.5 Å². The number of pyridine rings is 1. The second-order valence-electron chi connectivity index (χ2n) is 7.00. The normalized spacial score (nSPS) is 17.7. The predicted molar refractivity (Wildman–Crippen MR) is 117 cm³/mol. The van der Waals surface area contributed by atoms with Gasteiger partial charge in [0.15, 0.2) is 0 Å². The van der Waals surface area contributed by atoms with Gasteiger partial charge < -0.3 is 14.7 Å². The molecule has 1 aliphatic rings. The lowest BCUT2D eigenvalue weighted by molar-refractivity contribution is -0.140. The highest BCUT2D eigenvalue weighted by atomic mass is 35.5. The smallest absolute Gasteiger partial charge is 0.296 e. The maximum Gasteiger partial charge on any atom is 0.296 e. The first-order chi connectivity index (χ1) is 15.0. The molecule has 0 bridgehead atoms. The largest absolute Gasteiger partial charge is 0.507 e. The molecule has 6 nitrogen and oxygen atoms in total. The minimum absolute atomic E-state index is 0.0207. The van der Waals surface area contributed by atoms with E-state index in [9.17, 15) is 14.7 Å². The Hall–Kier alpha value is -3.64. The summed E-state index contributed by atoms with van der Waals surface area (Å²) in [5.41, 5.74) is 1.55. The van der Waals surface area contributed by atoms with Gasteiger partial charge in [0.25, 0.3) is 11.7 Å². The number of carbonyl (C=O) groups is 2. The van der Waals surface area contributed by atoms with E-state index < -0.39 is 17.7 Å². The zero-order valence-electron chi connectivity index (χ0n) is 16.7. The summed E-state index contributed by atoms with van der Waals surface area (Å²) in [5.74, 6) is -1.48. The molecule has 0 radical (unpaired) electrons. The van der Waals surface area contributed by atoms with E-state index in [-0.39, 0.29) is 23.4 Å². The van der Waals surface area contributed by atoms with E-state index in [4.69, 9.17) is 16.3 Å². The first-order valence-electron chi connectivity index (χ1n) is 9.58. The average Bonchev–Trinajstić information content (AvgIpc) is 3.04. The molecule has 1 fully saturated rings. The number of benzene rings is 2. The molecule has 1 atom stereocenters. The number of hydrogen-bond acceptors (Lipinski definition) is 5. The van der Waals surface area contributed by atoms with Gasteiger partial charge in [-0.3, -0.25) is 14.6 Å². The van der Waals surface area contributed by atoms with Crippen LogP contribution < -0.4 is 4.74 Å². The third-order valence-electron chi connectivity index (χ3n) is 5.13. The van der Waals surface area contributed by atoms with Crippen molar-refractivity contribution < 1.29 is 19.4 Å². The third kappa shape index (κ3) is 3.90. The van der Waals surface area contributed by atoms with E-state index in [1.54, 1.807) is 30.5 Å². The topological polar surface area (TPSA) is 79.7 Å². The molecule has 0 spiro atoms. The molecule has 2 heterocycles. The second-order valence-corrected chi connectivity index (χ2v) is 7.44. The molecule has 1 aliphatic heterocycles. The van der Waals surface area contributed by atoms with Gasteiger partial charge >= 0.3 is 0 Å². The van der Waals surface area contributed by atoms with Crippen molar-refractivity contribution in [2.75, 3.05) is 7.11 Å². The third-order valence-corrected chi connectivity index (χ3v) is 5.37. The van der Waals surface area contributed by atoms with Gasteiger partial charge in [-0.2, -0.15) is 0 Å². The van der Waals surface area contributed by atoms with Gasteiger partial charge in [-0.1, -0.05) is 48.0 Å². The van der Waals surface area contributed by atoms with Gasteiger partial charge in [0.2, 0.25) is 0 Å². The number of rotatable bonds is 5. The summed E-state index contributed by atoms with van der Waals surface area (Å²) in [6.07, 6.45) is 1.63. The summed E-state index contributed by atoms with van der Waals surface area (Å²) < 4.78 is 5.33. The van der Waals surface area contributed by atoms with E-state index in [1.165, 1.54) is 18.1 Å². The van der Waals surface area contributed by atoms with Gasteiger partial charge in [-0.25, -0.2) is 0 Å². The Labute approximate surface area is 184 Å². The Morgan fingerprint density at radius 1 is 1.10 bits per heavy atom. The molecule has 1 aromatic heterocycles. The maximum absolute atomic E-state index is 13.1. The molecule has 2 aromatic carbocycles. The van der Waals surface area contributed by atoms with Crippen LogP contribution in [0.4, 0.5) is 0 Å². The van der Waals surface area contributed by atoms with Crippen molar-refractivity contribution in [1.82, 2.24) is 9.88 Å².